The molecule has 2 unspecified atom stereocenters. The maximum Gasteiger partial charge on any atom is 0.142 e. The van der Waals surface area contributed by atoms with Crippen molar-refractivity contribution >= 4 is 11.6 Å². The van der Waals surface area contributed by atoms with E-state index in [4.69, 9.17) is 10.6 Å². The zero-order valence-corrected chi connectivity index (χ0v) is 10.1. The smallest absolute Gasteiger partial charge is 0.142 e. The molecule has 0 amide bonds. The molecule has 5 nitrogen and oxygen atoms in total. The summed E-state index contributed by atoms with van der Waals surface area (Å²) >= 11 is 0. The highest BCUT2D eigenvalue weighted by molar-refractivity contribution is 5.44. The molecule has 1 saturated heterocycles. The van der Waals surface area contributed by atoms with Crippen LogP contribution in [-0.2, 0) is 4.74 Å². The summed E-state index contributed by atoms with van der Waals surface area (Å²) in [5.41, 5.74) is 2.54. The van der Waals surface area contributed by atoms with E-state index in [-0.39, 0.29) is 0 Å². The zero-order chi connectivity index (χ0) is 12.1. The molecule has 17 heavy (non-hydrogen) atoms. The Kier molecular flexibility index (Phi) is 4.17. The summed E-state index contributed by atoms with van der Waals surface area (Å²) in [6.07, 6.45) is 2.59. The van der Waals surface area contributed by atoms with Crippen molar-refractivity contribution < 1.29 is 4.74 Å². The predicted molar refractivity (Wildman–Crippen MR) is 68.7 cm³/mol. The molecular weight excluding hydrogens is 216 g/mol. The SMILES string of the molecule is CCC1OCCC1CNc1cccc(NN)n1. The van der Waals surface area contributed by atoms with Gasteiger partial charge in [0, 0.05) is 19.1 Å². The lowest BCUT2D eigenvalue weighted by atomic mass is 10.00. The monoisotopic (exact) mass is 236 g/mol. The quantitative estimate of drug-likeness (QED) is 0.535. The summed E-state index contributed by atoms with van der Waals surface area (Å²) < 4.78 is 5.66. The molecule has 5 heteroatoms. The summed E-state index contributed by atoms with van der Waals surface area (Å²) in [5, 5.41) is 3.34. The van der Waals surface area contributed by atoms with Crippen molar-refractivity contribution in [2.45, 2.75) is 25.9 Å². The fourth-order valence-corrected chi connectivity index (χ4v) is 2.23. The Bertz CT molecular complexity index is 358. The molecule has 1 aromatic rings. The van der Waals surface area contributed by atoms with E-state index in [0.717, 1.165) is 31.8 Å². The number of ether oxygens (including phenoxy) is 1. The second kappa shape index (κ2) is 5.84. The number of nitrogen functional groups attached to an aromatic ring is 1. The van der Waals surface area contributed by atoms with E-state index in [2.05, 4.69) is 22.7 Å². The van der Waals surface area contributed by atoms with Gasteiger partial charge in [-0.1, -0.05) is 13.0 Å². The first kappa shape index (κ1) is 12.1. The average molecular weight is 236 g/mol. The third-order valence-corrected chi connectivity index (χ3v) is 3.19. The first-order valence-electron chi connectivity index (χ1n) is 6.12. The molecule has 0 bridgehead atoms. The molecule has 0 aromatic carbocycles. The molecule has 2 heterocycles. The minimum atomic E-state index is 0.387. The second-order valence-corrected chi connectivity index (χ2v) is 4.30. The van der Waals surface area contributed by atoms with Gasteiger partial charge in [-0.25, -0.2) is 10.8 Å². The van der Waals surface area contributed by atoms with E-state index in [1.54, 1.807) is 0 Å². The Balaban J connectivity index is 1.88. The van der Waals surface area contributed by atoms with Gasteiger partial charge in [-0.3, -0.25) is 0 Å². The fourth-order valence-electron chi connectivity index (χ4n) is 2.23. The molecule has 0 saturated carbocycles. The van der Waals surface area contributed by atoms with Crippen LogP contribution in [0.5, 0.6) is 0 Å². The number of hydrogen-bond acceptors (Lipinski definition) is 5. The number of aromatic nitrogens is 1. The lowest BCUT2D eigenvalue weighted by Crippen LogP contribution is -2.23. The number of nitrogens with one attached hydrogen (secondary N) is 2. The van der Waals surface area contributed by atoms with Gasteiger partial charge in [0.15, 0.2) is 0 Å². The minimum absolute atomic E-state index is 0.387. The van der Waals surface area contributed by atoms with Gasteiger partial charge in [0.05, 0.1) is 6.10 Å². The fraction of sp³-hybridized carbons (Fsp3) is 0.583. The maximum absolute atomic E-state index is 5.66. The molecule has 1 aliphatic rings. The molecule has 4 N–H and O–H groups in total. The molecule has 0 radical (unpaired) electrons. The van der Waals surface area contributed by atoms with Gasteiger partial charge in [0.1, 0.15) is 11.6 Å². The van der Waals surface area contributed by atoms with Crippen molar-refractivity contribution in [3.05, 3.63) is 18.2 Å². The third-order valence-electron chi connectivity index (χ3n) is 3.19. The first-order chi connectivity index (χ1) is 8.33. The van der Waals surface area contributed by atoms with Crippen LogP contribution in [0.3, 0.4) is 0 Å². The Morgan fingerprint density at radius 3 is 3.06 bits per heavy atom. The molecule has 1 fully saturated rings. The molecule has 94 valence electrons. The Morgan fingerprint density at radius 2 is 2.29 bits per heavy atom. The highest BCUT2D eigenvalue weighted by atomic mass is 16.5. The van der Waals surface area contributed by atoms with Gasteiger partial charge in [0.25, 0.3) is 0 Å². The van der Waals surface area contributed by atoms with Gasteiger partial charge >= 0.3 is 0 Å². The van der Waals surface area contributed by atoms with Crippen molar-refractivity contribution in [1.29, 1.82) is 0 Å². The van der Waals surface area contributed by atoms with Gasteiger partial charge < -0.3 is 15.5 Å². The van der Waals surface area contributed by atoms with E-state index in [1.165, 1.54) is 0 Å². The van der Waals surface area contributed by atoms with E-state index in [1.807, 2.05) is 18.2 Å². The van der Waals surface area contributed by atoms with E-state index >= 15 is 0 Å². The highest BCUT2D eigenvalue weighted by Crippen LogP contribution is 2.23. The molecule has 1 aliphatic heterocycles. The van der Waals surface area contributed by atoms with Gasteiger partial charge in [-0.15, -0.1) is 0 Å². The first-order valence-corrected chi connectivity index (χ1v) is 6.12. The number of anilines is 2. The summed E-state index contributed by atoms with van der Waals surface area (Å²) in [5.74, 6) is 7.42. The lowest BCUT2D eigenvalue weighted by Gasteiger charge is -2.17. The van der Waals surface area contributed by atoms with E-state index in [9.17, 15) is 0 Å². The van der Waals surface area contributed by atoms with Crippen molar-refractivity contribution in [2.24, 2.45) is 11.8 Å². The number of nitrogens with zero attached hydrogens (tertiary/aromatic N) is 1. The van der Waals surface area contributed by atoms with Gasteiger partial charge in [-0.2, -0.15) is 0 Å². The summed E-state index contributed by atoms with van der Waals surface area (Å²) in [4.78, 5) is 4.32. The normalized spacial score (nSPS) is 23.6. The Morgan fingerprint density at radius 1 is 1.47 bits per heavy atom. The van der Waals surface area contributed by atoms with Crippen LogP contribution in [0.4, 0.5) is 11.6 Å². The topological polar surface area (TPSA) is 72.2 Å². The maximum atomic E-state index is 5.66. The number of pyridine rings is 1. The number of hydrogen-bond donors (Lipinski definition) is 3. The molecule has 0 aliphatic carbocycles. The number of rotatable bonds is 5. The number of hydrazine groups is 1. The third kappa shape index (κ3) is 3.08. The largest absolute Gasteiger partial charge is 0.378 e. The van der Waals surface area contributed by atoms with Crippen molar-refractivity contribution in [2.75, 3.05) is 23.9 Å². The van der Waals surface area contributed by atoms with Crippen molar-refractivity contribution in [3.8, 4) is 0 Å². The summed E-state index contributed by atoms with van der Waals surface area (Å²) in [7, 11) is 0. The molecule has 1 aromatic heterocycles. The van der Waals surface area contributed by atoms with Crippen molar-refractivity contribution in [3.63, 3.8) is 0 Å². The van der Waals surface area contributed by atoms with Gasteiger partial charge in [-0.05, 0) is 25.0 Å². The Hall–Kier alpha value is -1.33. The van der Waals surface area contributed by atoms with Gasteiger partial charge in [0.2, 0.25) is 0 Å². The lowest BCUT2D eigenvalue weighted by molar-refractivity contribution is 0.0900. The molecular formula is C12H20N4O. The number of nitrogens with two attached hydrogens (primary N) is 1. The molecule has 0 spiro atoms. The molecule has 2 atom stereocenters. The predicted octanol–water partition coefficient (Wildman–Crippen LogP) is 1.59. The van der Waals surface area contributed by atoms with Crippen LogP contribution in [0.1, 0.15) is 19.8 Å². The average Bonchev–Trinajstić information content (AvgIpc) is 2.84. The van der Waals surface area contributed by atoms with Crippen LogP contribution >= 0.6 is 0 Å². The van der Waals surface area contributed by atoms with E-state index < -0.39 is 0 Å². The summed E-state index contributed by atoms with van der Waals surface area (Å²) in [6, 6.07) is 5.70. The standard InChI is InChI=1S/C12H20N4O/c1-2-10-9(6-7-17-10)8-14-11-4-3-5-12(15-11)16-13/h3-5,9-10H,2,6-8,13H2,1H3,(H2,14,15,16). The zero-order valence-electron chi connectivity index (χ0n) is 10.1. The van der Waals surface area contributed by atoms with Crippen LogP contribution in [0, 0.1) is 5.92 Å². The minimum Gasteiger partial charge on any atom is -0.378 e. The van der Waals surface area contributed by atoms with E-state index in [0.29, 0.717) is 17.8 Å². The van der Waals surface area contributed by atoms with Crippen LogP contribution in [0.2, 0.25) is 0 Å². The van der Waals surface area contributed by atoms with Crippen LogP contribution in [0.25, 0.3) is 0 Å². The van der Waals surface area contributed by atoms with Crippen molar-refractivity contribution in [1.82, 2.24) is 4.98 Å². The Labute approximate surface area is 102 Å². The summed E-state index contributed by atoms with van der Waals surface area (Å²) in [6.45, 7) is 3.95. The second-order valence-electron chi connectivity index (χ2n) is 4.30. The molecule has 2 rings (SSSR count). The van der Waals surface area contributed by atoms with Crippen LogP contribution in [0.15, 0.2) is 18.2 Å². The van der Waals surface area contributed by atoms with Crippen LogP contribution in [-0.4, -0.2) is 24.2 Å². The van der Waals surface area contributed by atoms with Crippen LogP contribution < -0.4 is 16.6 Å². The highest BCUT2D eigenvalue weighted by Gasteiger charge is 2.26.